The minimum Gasteiger partial charge on any atom is -0.198 e. The third-order valence-electron chi connectivity index (χ3n) is 4.52. The third kappa shape index (κ3) is 3.38. The lowest BCUT2D eigenvalue weighted by Gasteiger charge is -2.34. The first kappa shape index (κ1) is 14.1. The van der Waals surface area contributed by atoms with E-state index in [0.29, 0.717) is 11.8 Å². The first-order valence-electron chi connectivity index (χ1n) is 7.55. The van der Waals surface area contributed by atoms with Crippen LogP contribution in [0.4, 0.5) is 0 Å². The van der Waals surface area contributed by atoms with Crippen molar-refractivity contribution in [3.05, 3.63) is 35.4 Å². The molecule has 2 unspecified atom stereocenters. The van der Waals surface area contributed by atoms with Crippen LogP contribution in [0.5, 0.6) is 0 Å². The Morgan fingerprint density at radius 3 is 2.53 bits per heavy atom. The van der Waals surface area contributed by atoms with Gasteiger partial charge >= 0.3 is 0 Å². The molecule has 2 rings (SSSR count). The van der Waals surface area contributed by atoms with Gasteiger partial charge in [0.05, 0.1) is 11.5 Å². The van der Waals surface area contributed by atoms with Gasteiger partial charge in [0, 0.05) is 0 Å². The summed E-state index contributed by atoms with van der Waals surface area (Å²) >= 11 is 0. The second kappa shape index (κ2) is 5.78. The van der Waals surface area contributed by atoms with Gasteiger partial charge in [0.2, 0.25) is 0 Å². The monoisotopic (exact) mass is 255 g/mol. The van der Waals surface area contributed by atoms with Crippen molar-refractivity contribution in [2.75, 3.05) is 0 Å². The fraction of sp³-hybridized carbons (Fsp3) is 0.611. The summed E-state index contributed by atoms with van der Waals surface area (Å²) in [5.74, 6) is 1.28. The van der Waals surface area contributed by atoms with E-state index >= 15 is 0 Å². The highest BCUT2D eigenvalue weighted by Gasteiger charge is 2.35. The van der Waals surface area contributed by atoms with Gasteiger partial charge in [-0.1, -0.05) is 57.9 Å². The molecule has 0 N–H and O–H groups in total. The van der Waals surface area contributed by atoms with Crippen molar-refractivity contribution in [3.63, 3.8) is 0 Å². The zero-order valence-electron chi connectivity index (χ0n) is 12.4. The maximum absolute atomic E-state index is 9.61. The summed E-state index contributed by atoms with van der Waals surface area (Å²) in [6.45, 7) is 6.72. The number of rotatable bonds is 3. The SMILES string of the molecule is CC1CCCC(C#N)(Cc2ccc(C(C)C)cc2)C1. The molecule has 0 heterocycles. The summed E-state index contributed by atoms with van der Waals surface area (Å²) < 4.78 is 0. The van der Waals surface area contributed by atoms with Gasteiger partial charge in [0.1, 0.15) is 0 Å². The number of benzene rings is 1. The van der Waals surface area contributed by atoms with Gasteiger partial charge in [-0.05, 0) is 42.2 Å². The molecule has 0 radical (unpaired) electrons. The van der Waals surface area contributed by atoms with Gasteiger partial charge in [-0.25, -0.2) is 0 Å². The Hall–Kier alpha value is -1.29. The standard InChI is InChI=1S/C18H25N/c1-14(2)17-8-6-16(7-9-17)12-18(13-19)10-4-5-15(3)11-18/h6-9,14-15H,4-5,10-12H2,1-3H3. The summed E-state index contributed by atoms with van der Waals surface area (Å²) in [4.78, 5) is 0. The van der Waals surface area contributed by atoms with E-state index in [1.165, 1.54) is 24.0 Å². The lowest BCUT2D eigenvalue weighted by molar-refractivity contribution is 0.209. The van der Waals surface area contributed by atoms with E-state index in [1.807, 2.05) is 0 Å². The van der Waals surface area contributed by atoms with Crippen LogP contribution in [0.1, 0.15) is 63.5 Å². The molecule has 1 aliphatic rings. The fourth-order valence-corrected chi connectivity index (χ4v) is 3.37. The molecular weight excluding hydrogens is 230 g/mol. The van der Waals surface area contributed by atoms with Gasteiger partial charge in [-0.15, -0.1) is 0 Å². The molecule has 1 aromatic carbocycles. The second-order valence-electron chi connectivity index (χ2n) is 6.67. The second-order valence-corrected chi connectivity index (χ2v) is 6.67. The molecular formula is C18H25N. The topological polar surface area (TPSA) is 23.8 Å². The predicted molar refractivity (Wildman–Crippen MR) is 79.9 cm³/mol. The largest absolute Gasteiger partial charge is 0.198 e. The summed E-state index contributed by atoms with van der Waals surface area (Å²) in [6.07, 6.45) is 5.55. The van der Waals surface area contributed by atoms with Crippen molar-refractivity contribution >= 4 is 0 Å². The van der Waals surface area contributed by atoms with Gasteiger partial charge in [0.15, 0.2) is 0 Å². The van der Waals surface area contributed by atoms with Crippen molar-refractivity contribution in [1.29, 1.82) is 5.26 Å². The number of hydrogen-bond donors (Lipinski definition) is 0. The minimum atomic E-state index is -0.114. The Labute approximate surface area is 117 Å². The molecule has 19 heavy (non-hydrogen) atoms. The highest BCUT2D eigenvalue weighted by atomic mass is 14.4. The van der Waals surface area contributed by atoms with E-state index in [4.69, 9.17) is 0 Å². The molecule has 1 aliphatic carbocycles. The van der Waals surface area contributed by atoms with Crippen molar-refractivity contribution in [2.45, 2.75) is 58.8 Å². The number of nitrogens with zero attached hydrogens (tertiary/aromatic N) is 1. The van der Waals surface area contributed by atoms with Gasteiger partial charge in [-0.2, -0.15) is 5.26 Å². The Bertz CT molecular complexity index is 452. The number of nitriles is 1. The smallest absolute Gasteiger partial charge is 0.0693 e. The van der Waals surface area contributed by atoms with Crippen LogP contribution in [0.2, 0.25) is 0 Å². The van der Waals surface area contributed by atoms with Crippen LogP contribution >= 0.6 is 0 Å². The molecule has 1 nitrogen and oxygen atoms in total. The van der Waals surface area contributed by atoms with Gasteiger partial charge < -0.3 is 0 Å². The normalized spacial score (nSPS) is 27.2. The van der Waals surface area contributed by atoms with Crippen LogP contribution in [0.15, 0.2) is 24.3 Å². The van der Waals surface area contributed by atoms with E-state index in [2.05, 4.69) is 51.1 Å². The Morgan fingerprint density at radius 1 is 1.32 bits per heavy atom. The molecule has 0 bridgehead atoms. The average molecular weight is 255 g/mol. The molecule has 1 heteroatoms. The van der Waals surface area contributed by atoms with Crippen molar-refractivity contribution in [1.82, 2.24) is 0 Å². The van der Waals surface area contributed by atoms with Crippen LogP contribution in [-0.2, 0) is 6.42 Å². The quantitative estimate of drug-likeness (QED) is 0.739. The number of hydrogen-bond acceptors (Lipinski definition) is 1. The lowest BCUT2D eigenvalue weighted by atomic mass is 9.68. The Morgan fingerprint density at radius 2 is 2.00 bits per heavy atom. The first-order chi connectivity index (χ1) is 9.04. The third-order valence-corrected chi connectivity index (χ3v) is 4.52. The van der Waals surface area contributed by atoms with Gasteiger partial charge in [0.25, 0.3) is 0 Å². The van der Waals surface area contributed by atoms with Crippen LogP contribution in [0.25, 0.3) is 0 Å². The molecule has 0 saturated heterocycles. The van der Waals surface area contributed by atoms with E-state index in [-0.39, 0.29) is 5.41 Å². The molecule has 1 aromatic rings. The fourth-order valence-electron chi connectivity index (χ4n) is 3.37. The van der Waals surface area contributed by atoms with Crippen LogP contribution in [-0.4, -0.2) is 0 Å². The lowest BCUT2D eigenvalue weighted by Crippen LogP contribution is -2.28. The minimum absolute atomic E-state index is 0.114. The van der Waals surface area contributed by atoms with E-state index in [0.717, 1.165) is 19.3 Å². The molecule has 2 atom stereocenters. The zero-order chi connectivity index (χ0) is 13.9. The summed E-state index contributed by atoms with van der Waals surface area (Å²) in [5.41, 5.74) is 2.59. The molecule has 0 aromatic heterocycles. The van der Waals surface area contributed by atoms with Crippen molar-refractivity contribution in [2.24, 2.45) is 11.3 Å². The van der Waals surface area contributed by atoms with Crippen molar-refractivity contribution < 1.29 is 0 Å². The maximum Gasteiger partial charge on any atom is 0.0693 e. The van der Waals surface area contributed by atoms with Crippen LogP contribution < -0.4 is 0 Å². The molecule has 0 amide bonds. The van der Waals surface area contributed by atoms with E-state index < -0.39 is 0 Å². The molecule has 0 spiro atoms. The predicted octanol–water partition coefficient (Wildman–Crippen LogP) is 5.07. The maximum atomic E-state index is 9.61. The highest BCUT2D eigenvalue weighted by Crippen LogP contribution is 2.41. The van der Waals surface area contributed by atoms with Crippen molar-refractivity contribution in [3.8, 4) is 6.07 Å². The van der Waals surface area contributed by atoms with E-state index in [9.17, 15) is 5.26 Å². The molecule has 102 valence electrons. The first-order valence-corrected chi connectivity index (χ1v) is 7.55. The highest BCUT2D eigenvalue weighted by molar-refractivity contribution is 5.26. The molecule has 0 aliphatic heterocycles. The Kier molecular flexibility index (Phi) is 4.30. The van der Waals surface area contributed by atoms with E-state index in [1.54, 1.807) is 0 Å². The van der Waals surface area contributed by atoms with Crippen LogP contribution in [0.3, 0.4) is 0 Å². The average Bonchev–Trinajstić information content (AvgIpc) is 2.39. The molecule has 1 fully saturated rings. The van der Waals surface area contributed by atoms with Crippen LogP contribution in [0, 0.1) is 22.7 Å². The summed E-state index contributed by atoms with van der Waals surface area (Å²) in [7, 11) is 0. The zero-order valence-corrected chi connectivity index (χ0v) is 12.4. The van der Waals surface area contributed by atoms with Gasteiger partial charge in [-0.3, -0.25) is 0 Å². The Balaban J connectivity index is 2.12. The summed E-state index contributed by atoms with van der Waals surface area (Å²) in [5, 5.41) is 9.61. The summed E-state index contributed by atoms with van der Waals surface area (Å²) in [6, 6.07) is 11.5. The molecule has 1 saturated carbocycles.